The lowest BCUT2D eigenvalue weighted by molar-refractivity contribution is 0.412. The molecule has 0 N–H and O–H groups in total. The second-order valence-electron chi connectivity index (χ2n) is 6.64. The van der Waals surface area contributed by atoms with Crippen molar-refractivity contribution < 1.29 is 17.5 Å². The van der Waals surface area contributed by atoms with Gasteiger partial charge in [-0.15, -0.1) is 0 Å². The molecular formula is C20H17FN4O4S. The number of methoxy groups -OCH3 is 1. The lowest BCUT2D eigenvalue weighted by Crippen LogP contribution is -2.23. The van der Waals surface area contributed by atoms with Gasteiger partial charge in [-0.05, 0) is 42.5 Å². The number of ether oxygens (including phenoxy) is 1. The van der Waals surface area contributed by atoms with Crippen LogP contribution >= 0.6 is 0 Å². The molecule has 0 saturated carbocycles. The number of aryl methyl sites for hydroxylation is 1. The third-order valence-electron chi connectivity index (χ3n) is 4.67. The molecule has 0 aliphatic heterocycles. The zero-order valence-corrected chi connectivity index (χ0v) is 16.9. The van der Waals surface area contributed by atoms with E-state index in [4.69, 9.17) is 4.74 Å². The van der Waals surface area contributed by atoms with Crippen LogP contribution in [0, 0.1) is 5.82 Å². The van der Waals surface area contributed by atoms with Crippen molar-refractivity contribution in [1.82, 2.24) is 19.6 Å². The minimum atomic E-state index is -3.83. The largest absolute Gasteiger partial charge is 0.497 e. The van der Waals surface area contributed by atoms with Crippen LogP contribution in [0.3, 0.4) is 0 Å². The van der Waals surface area contributed by atoms with Crippen molar-refractivity contribution >= 4 is 20.6 Å². The minimum absolute atomic E-state index is 0.00601. The van der Waals surface area contributed by atoms with E-state index in [1.54, 1.807) is 7.05 Å². The Morgan fingerprint density at radius 1 is 1.13 bits per heavy atom. The van der Waals surface area contributed by atoms with Crippen LogP contribution in [-0.4, -0.2) is 35.1 Å². The minimum Gasteiger partial charge on any atom is -0.497 e. The van der Waals surface area contributed by atoms with Gasteiger partial charge in [0.1, 0.15) is 11.6 Å². The molecule has 4 rings (SSSR count). The van der Waals surface area contributed by atoms with Crippen LogP contribution < -0.4 is 10.3 Å². The molecule has 0 bridgehead atoms. The summed E-state index contributed by atoms with van der Waals surface area (Å²) in [4.78, 5) is 12.8. The molecule has 4 aromatic rings. The van der Waals surface area contributed by atoms with Gasteiger partial charge in [0.2, 0.25) is 9.84 Å². The van der Waals surface area contributed by atoms with E-state index in [9.17, 15) is 17.6 Å². The summed E-state index contributed by atoms with van der Waals surface area (Å²) in [6.45, 7) is -0.0915. The third-order valence-corrected chi connectivity index (χ3v) is 6.31. The predicted molar refractivity (Wildman–Crippen MR) is 107 cm³/mol. The van der Waals surface area contributed by atoms with E-state index in [2.05, 4.69) is 10.2 Å². The van der Waals surface area contributed by atoms with E-state index < -0.39 is 21.2 Å². The van der Waals surface area contributed by atoms with Gasteiger partial charge in [0.05, 0.1) is 30.1 Å². The van der Waals surface area contributed by atoms with Crippen molar-refractivity contribution in [2.24, 2.45) is 7.05 Å². The van der Waals surface area contributed by atoms with E-state index >= 15 is 0 Å². The van der Waals surface area contributed by atoms with Crippen molar-refractivity contribution in [2.75, 3.05) is 7.11 Å². The van der Waals surface area contributed by atoms with Crippen LogP contribution in [0.15, 0.2) is 69.6 Å². The molecule has 0 amide bonds. The van der Waals surface area contributed by atoms with E-state index in [0.29, 0.717) is 11.1 Å². The Kier molecular flexibility index (Phi) is 4.86. The van der Waals surface area contributed by atoms with Crippen LogP contribution in [0.25, 0.3) is 10.8 Å². The Hall–Kier alpha value is -3.53. The maximum absolute atomic E-state index is 14.1. The van der Waals surface area contributed by atoms with Gasteiger partial charge in [-0.25, -0.2) is 17.5 Å². The van der Waals surface area contributed by atoms with E-state index in [1.165, 1.54) is 66.6 Å². The number of aromatic nitrogens is 4. The molecule has 0 fully saturated rings. The van der Waals surface area contributed by atoms with Gasteiger partial charge in [0.15, 0.2) is 5.03 Å². The summed E-state index contributed by atoms with van der Waals surface area (Å²) >= 11 is 0. The Morgan fingerprint density at radius 3 is 2.63 bits per heavy atom. The summed E-state index contributed by atoms with van der Waals surface area (Å²) in [6.07, 6.45) is 2.91. The summed E-state index contributed by atoms with van der Waals surface area (Å²) in [7, 11) is -0.738. The van der Waals surface area contributed by atoms with Crippen LogP contribution in [0.2, 0.25) is 0 Å². The van der Waals surface area contributed by atoms with E-state index in [-0.39, 0.29) is 27.4 Å². The zero-order valence-electron chi connectivity index (χ0n) is 16.1. The number of benzene rings is 2. The number of hydrogen-bond acceptors (Lipinski definition) is 6. The molecule has 0 aliphatic rings. The van der Waals surface area contributed by atoms with E-state index in [0.717, 1.165) is 4.68 Å². The standard InChI is InChI=1S/C20H17FN4O4S/c1-24-8-7-19(23-24)30(27,28)16-4-5-17-13(10-16)11-22-25(20(17)26)12-14-9-15(29-2)3-6-18(14)21/h3-11H,12H2,1-2H3. The second-order valence-corrected chi connectivity index (χ2v) is 8.54. The van der Waals surface area contributed by atoms with Crippen molar-refractivity contribution in [1.29, 1.82) is 0 Å². The fourth-order valence-electron chi connectivity index (χ4n) is 3.06. The van der Waals surface area contributed by atoms with Gasteiger partial charge in [-0.2, -0.15) is 10.2 Å². The van der Waals surface area contributed by atoms with Crippen LogP contribution in [0.5, 0.6) is 5.75 Å². The number of hydrogen-bond donors (Lipinski definition) is 0. The molecular weight excluding hydrogens is 411 g/mol. The highest BCUT2D eigenvalue weighted by atomic mass is 32.2. The molecule has 154 valence electrons. The van der Waals surface area contributed by atoms with Crippen molar-refractivity contribution in [2.45, 2.75) is 16.5 Å². The third kappa shape index (κ3) is 3.45. The summed E-state index contributed by atoms with van der Waals surface area (Å²) in [6, 6.07) is 9.80. The molecule has 0 unspecified atom stereocenters. The highest BCUT2D eigenvalue weighted by Gasteiger charge is 2.21. The lowest BCUT2D eigenvalue weighted by Gasteiger charge is -2.09. The molecule has 0 atom stereocenters. The summed E-state index contributed by atoms with van der Waals surface area (Å²) < 4.78 is 47.2. The summed E-state index contributed by atoms with van der Waals surface area (Å²) in [5.41, 5.74) is -0.214. The van der Waals surface area contributed by atoms with Crippen LogP contribution in [0.4, 0.5) is 4.39 Å². The van der Waals surface area contributed by atoms with E-state index in [1.807, 2.05) is 0 Å². The Labute approximate surface area is 171 Å². The Morgan fingerprint density at radius 2 is 1.93 bits per heavy atom. The molecule has 0 radical (unpaired) electrons. The molecule has 2 aromatic heterocycles. The smallest absolute Gasteiger partial charge is 0.274 e. The second kappa shape index (κ2) is 7.38. The average Bonchev–Trinajstić information content (AvgIpc) is 3.18. The zero-order chi connectivity index (χ0) is 21.5. The van der Waals surface area contributed by atoms with Crippen LogP contribution in [0.1, 0.15) is 5.56 Å². The van der Waals surface area contributed by atoms with Gasteiger partial charge in [-0.1, -0.05) is 0 Å². The lowest BCUT2D eigenvalue weighted by atomic mass is 10.2. The Bertz CT molecular complexity index is 1430. The molecule has 8 nitrogen and oxygen atoms in total. The monoisotopic (exact) mass is 428 g/mol. The SMILES string of the molecule is COc1ccc(F)c(Cn2ncc3cc(S(=O)(=O)c4ccn(C)n4)ccc3c2=O)c1. The summed E-state index contributed by atoms with van der Waals surface area (Å²) in [5, 5.41) is 8.57. The normalized spacial score (nSPS) is 11.7. The number of sulfone groups is 1. The summed E-state index contributed by atoms with van der Waals surface area (Å²) in [5.74, 6) is -0.0222. The quantitative estimate of drug-likeness (QED) is 0.483. The number of halogens is 1. The molecule has 10 heteroatoms. The van der Waals surface area contributed by atoms with Crippen molar-refractivity contribution in [3.8, 4) is 5.75 Å². The van der Waals surface area contributed by atoms with Gasteiger partial charge < -0.3 is 4.74 Å². The highest BCUT2D eigenvalue weighted by molar-refractivity contribution is 7.91. The van der Waals surface area contributed by atoms with Crippen molar-refractivity contribution in [3.63, 3.8) is 0 Å². The maximum Gasteiger partial charge on any atom is 0.274 e. The maximum atomic E-state index is 14.1. The Balaban J connectivity index is 1.74. The number of nitrogens with zero attached hydrogens (tertiary/aromatic N) is 4. The average molecular weight is 428 g/mol. The molecule has 2 heterocycles. The number of rotatable bonds is 5. The first-order chi connectivity index (χ1) is 14.3. The molecule has 0 spiro atoms. The molecule has 0 saturated heterocycles. The van der Waals surface area contributed by atoms with Gasteiger partial charge in [-0.3, -0.25) is 9.48 Å². The van der Waals surface area contributed by atoms with Gasteiger partial charge in [0.25, 0.3) is 5.56 Å². The van der Waals surface area contributed by atoms with Crippen molar-refractivity contribution in [3.05, 3.63) is 76.6 Å². The van der Waals surface area contributed by atoms with Gasteiger partial charge >= 0.3 is 0 Å². The van der Waals surface area contributed by atoms with Crippen LogP contribution in [-0.2, 0) is 23.4 Å². The first-order valence-electron chi connectivity index (χ1n) is 8.86. The molecule has 0 aliphatic carbocycles. The fourth-order valence-corrected chi connectivity index (χ4v) is 4.31. The molecule has 2 aromatic carbocycles. The topological polar surface area (TPSA) is 96.1 Å². The first kappa shape index (κ1) is 19.8. The van der Waals surface area contributed by atoms with Gasteiger partial charge in [0, 0.05) is 24.2 Å². The fraction of sp³-hybridized carbons (Fsp3) is 0.150. The predicted octanol–water partition coefficient (Wildman–Crippen LogP) is 2.16. The first-order valence-corrected chi connectivity index (χ1v) is 10.3. The number of fused-ring (bicyclic) bond motifs is 1. The molecule has 30 heavy (non-hydrogen) atoms. The highest BCUT2D eigenvalue weighted by Crippen LogP contribution is 2.22.